The summed E-state index contributed by atoms with van der Waals surface area (Å²) < 4.78 is 5.59. The number of rotatable bonds is 8. The molecule has 0 fully saturated rings. The lowest BCUT2D eigenvalue weighted by molar-refractivity contribution is 0.248. The Bertz CT molecular complexity index is 294. The lowest BCUT2D eigenvalue weighted by Crippen LogP contribution is -2.31. The van der Waals surface area contributed by atoms with E-state index in [0.717, 1.165) is 31.6 Å². The summed E-state index contributed by atoms with van der Waals surface area (Å²) in [6, 6.07) is 8.23. The van der Waals surface area contributed by atoms with E-state index in [1.54, 1.807) is 0 Å². The number of aliphatic hydroxyl groups excluding tert-OH is 1. The van der Waals surface area contributed by atoms with Gasteiger partial charge in [0.2, 0.25) is 0 Å². The molecule has 17 heavy (non-hydrogen) atoms. The van der Waals surface area contributed by atoms with Crippen molar-refractivity contribution in [1.82, 2.24) is 5.32 Å². The molecule has 0 bridgehead atoms. The van der Waals surface area contributed by atoms with Gasteiger partial charge in [-0.25, -0.2) is 0 Å². The van der Waals surface area contributed by atoms with Crippen LogP contribution in [0.25, 0.3) is 0 Å². The predicted octanol–water partition coefficient (Wildman–Crippen LogP) is 1.99. The third kappa shape index (κ3) is 5.20. The molecule has 0 aliphatic rings. The van der Waals surface area contributed by atoms with Crippen LogP contribution in [0.4, 0.5) is 0 Å². The first-order valence-electron chi connectivity index (χ1n) is 6.30. The summed E-state index contributed by atoms with van der Waals surface area (Å²) in [4.78, 5) is 0. The summed E-state index contributed by atoms with van der Waals surface area (Å²) in [5.41, 5.74) is 1.21. The first kappa shape index (κ1) is 14.0. The minimum atomic E-state index is 0.127. The van der Waals surface area contributed by atoms with Gasteiger partial charge in [-0.3, -0.25) is 0 Å². The third-order valence-corrected chi connectivity index (χ3v) is 2.80. The number of aliphatic hydroxyl groups is 1. The second-order valence-corrected chi connectivity index (χ2v) is 4.22. The summed E-state index contributed by atoms with van der Waals surface area (Å²) in [7, 11) is 1.86. The van der Waals surface area contributed by atoms with Gasteiger partial charge in [0.1, 0.15) is 5.75 Å². The maximum atomic E-state index is 9.10. The lowest BCUT2D eigenvalue weighted by atomic mass is 10.1. The van der Waals surface area contributed by atoms with E-state index in [-0.39, 0.29) is 12.6 Å². The van der Waals surface area contributed by atoms with Crippen LogP contribution in [0.2, 0.25) is 0 Å². The van der Waals surface area contributed by atoms with Crippen LogP contribution in [0, 0.1) is 0 Å². The maximum absolute atomic E-state index is 9.10. The van der Waals surface area contributed by atoms with Crippen LogP contribution >= 0.6 is 0 Å². The van der Waals surface area contributed by atoms with E-state index in [2.05, 4.69) is 24.4 Å². The van der Waals surface area contributed by atoms with E-state index >= 15 is 0 Å². The molecule has 0 heterocycles. The fourth-order valence-corrected chi connectivity index (χ4v) is 1.60. The van der Waals surface area contributed by atoms with Crippen LogP contribution in [-0.2, 0) is 6.42 Å². The fraction of sp³-hybridized carbons (Fsp3) is 0.571. The molecule has 1 aromatic rings. The topological polar surface area (TPSA) is 41.5 Å². The third-order valence-electron chi connectivity index (χ3n) is 2.80. The van der Waals surface area contributed by atoms with E-state index in [1.165, 1.54) is 5.56 Å². The maximum Gasteiger partial charge on any atom is 0.119 e. The Labute approximate surface area is 104 Å². The Morgan fingerprint density at radius 3 is 2.53 bits per heavy atom. The van der Waals surface area contributed by atoms with Gasteiger partial charge in [0.25, 0.3) is 0 Å². The van der Waals surface area contributed by atoms with Crippen molar-refractivity contribution in [3.05, 3.63) is 29.8 Å². The Kier molecular flexibility index (Phi) is 6.67. The molecule has 0 radical (unpaired) electrons. The number of hydrogen-bond donors (Lipinski definition) is 2. The Hall–Kier alpha value is -1.06. The molecule has 1 aromatic carbocycles. The van der Waals surface area contributed by atoms with Crippen LogP contribution in [0.5, 0.6) is 5.75 Å². The number of benzene rings is 1. The van der Waals surface area contributed by atoms with Crippen molar-refractivity contribution in [2.75, 3.05) is 20.3 Å². The quantitative estimate of drug-likeness (QED) is 0.679. The van der Waals surface area contributed by atoms with Crippen molar-refractivity contribution in [2.24, 2.45) is 0 Å². The number of nitrogens with one attached hydrogen (secondary N) is 1. The molecule has 1 unspecified atom stereocenters. The predicted molar refractivity (Wildman–Crippen MR) is 70.5 cm³/mol. The van der Waals surface area contributed by atoms with Crippen molar-refractivity contribution >= 4 is 0 Å². The molecule has 0 amide bonds. The molecular weight excluding hydrogens is 214 g/mol. The highest BCUT2D eigenvalue weighted by Gasteiger charge is 2.05. The molecule has 0 aromatic heterocycles. The van der Waals surface area contributed by atoms with Gasteiger partial charge >= 0.3 is 0 Å². The number of unbranched alkanes of at least 4 members (excludes halogenated alkanes) is 1. The first-order chi connectivity index (χ1) is 8.30. The Balaban J connectivity index is 2.44. The second kappa shape index (κ2) is 8.09. The molecule has 0 aliphatic heterocycles. The van der Waals surface area contributed by atoms with Crippen molar-refractivity contribution < 1.29 is 9.84 Å². The molecule has 1 atom stereocenters. The SMILES string of the molecule is CCCCOc1ccc(CC(CO)NC)cc1. The highest BCUT2D eigenvalue weighted by Crippen LogP contribution is 2.13. The average Bonchev–Trinajstić information content (AvgIpc) is 2.38. The average molecular weight is 237 g/mol. The fourth-order valence-electron chi connectivity index (χ4n) is 1.60. The van der Waals surface area contributed by atoms with E-state index in [4.69, 9.17) is 9.84 Å². The van der Waals surface area contributed by atoms with Gasteiger partial charge in [0.15, 0.2) is 0 Å². The molecule has 0 saturated carbocycles. The molecule has 3 nitrogen and oxygen atoms in total. The Morgan fingerprint density at radius 2 is 2.00 bits per heavy atom. The van der Waals surface area contributed by atoms with Gasteiger partial charge in [0, 0.05) is 6.04 Å². The minimum Gasteiger partial charge on any atom is -0.494 e. The van der Waals surface area contributed by atoms with Crippen LogP contribution in [0.15, 0.2) is 24.3 Å². The van der Waals surface area contributed by atoms with E-state index < -0.39 is 0 Å². The van der Waals surface area contributed by atoms with Crippen LogP contribution < -0.4 is 10.1 Å². The lowest BCUT2D eigenvalue weighted by Gasteiger charge is -2.13. The van der Waals surface area contributed by atoms with Gasteiger partial charge in [0.05, 0.1) is 13.2 Å². The van der Waals surface area contributed by atoms with Gasteiger partial charge < -0.3 is 15.2 Å². The van der Waals surface area contributed by atoms with Crippen molar-refractivity contribution in [3.8, 4) is 5.75 Å². The highest BCUT2D eigenvalue weighted by molar-refractivity contribution is 5.27. The van der Waals surface area contributed by atoms with Crippen LogP contribution in [-0.4, -0.2) is 31.4 Å². The van der Waals surface area contributed by atoms with Gasteiger partial charge in [-0.15, -0.1) is 0 Å². The van der Waals surface area contributed by atoms with E-state index in [1.807, 2.05) is 19.2 Å². The molecule has 1 rings (SSSR count). The Morgan fingerprint density at radius 1 is 1.29 bits per heavy atom. The van der Waals surface area contributed by atoms with Gasteiger partial charge in [-0.2, -0.15) is 0 Å². The van der Waals surface area contributed by atoms with Crippen molar-refractivity contribution in [3.63, 3.8) is 0 Å². The zero-order chi connectivity index (χ0) is 12.5. The molecule has 0 aliphatic carbocycles. The van der Waals surface area contributed by atoms with Crippen molar-refractivity contribution in [1.29, 1.82) is 0 Å². The monoisotopic (exact) mass is 237 g/mol. The largest absolute Gasteiger partial charge is 0.494 e. The summed E-state index contributed by atoms with van der Waals surface area (Å²) in [6.45, 7) is 3.09. The minimum absolute atomic E-state index is 0.127. The summed E-state index contributed by atoms with van der Waals surface area (Å²) in [6.07, 6.45) is 3.08. The number of hydrogen-bond acceptors (Lipinski definition) is 3. The first-order valence-corrected chi connectivity index (χ1v) is 6.30. The van der Waals surface area contributed by atoms with E-state index in [0.29, 0.717) is 0 Å². The molecule has 0 saturated heterocycles. The van der Waals surface area contributed by atoms with Gasteiger partial charge in [-0.1, -0.05) is 25.5 Å². The molecular formula is C14H23NO2. The number of likely N-dealkylation sites (N-methyl/N-ethyl adjacent to an activating group) is 1. The van der Waals surface area contributed by atoms with E-state index in [9.17, 15) is 0 Å². The number of ether oxygens (including phenoxy) is 1. The summed E-state index contributed by atoms with van der Waals surface area (Å²) >= 11 is 0. The standard InChI is InChI=1S/C14H23NO2/c1-3-4-9-17-14-7-5-12(6-8-14)10-13(11-16)15-2/h5-8,13,15-16H,3-4,9-11H2,1-2H3. The summed E-state index contributed by atoms with van der Waals surface area (Å²) in [5, 5.41) is 12.2. The summed E-state index contributed by atoms with van der Waals surface area (Å²) in [5.74, 6) is 0.923. The van der Waals surface area contributed by atoms with Gasteiger partial charge in [-0.05, 0) is 37.6 Å². The van der Waals surface area contributed by atoms with Crippen molar-refractivity contribution in [2.45, 2.75) is 32.2 Å². The van der Waals surface area contributed by atoms with Crippen LogP contribution in [0.1, 0.15) is 25.3 Å². The smallest absolute Gasteiger partial charge is 0.119 e. The second-order valence-electron chi connectivity index (χ2n) is 4.22. The zero-order valence-corrected chi connectivity index (χ0v) is 10.8. The molecule has 0 spiro atoms. The van der Waals surface area contributed by atoms with Crippen LogP contribution in [0.3, 0.4) is 0 Å². The molecule has 96 valence electrons. The zero-order valence-electron chi connectivity index (χ0n) is 10.8. The highest BCUT2D eigenvalue weighted by atomic mass is 16.5. The molecule has 2 N–H and O–H groups in total. The normalized spacial score (nSPS) is 12.4. The molecule has 3 heteroatoms.